The average Bonchev–Trinajstić information content (AvgIpc) is 2.36. The van der Waals surface area contributed by atoms with Gasteiger partial charge in [0.15, 0.2) is 0 Å². The van der Waals surface area contributed by atoms with Crippen molar-refractivity contribution in [2.24, 2.45) is 0 Å². The van der Waals surface area contributed by atoms with Crippen LogP contribution < -0.4 is 5.32 Å². The van der Waals surface area contributed by atoms with E-state index in [-0.39, 0.29) is 0 Å². The van der Waals surface area contributed by atoms with Crippen LogP contribution in [0.5, 0.6) is 0 Å². The predicted molar refractivity (Wildman–Crippen MR) is 78.8 cm³/mol. The summed E-state index contributed by atoms with van der Waals surface area (Å²) >= 11 is 2.08. The molecule has 0 amide bonds. The van der Waals surface area contributed by atoms with Gasteiger partial charge in [-0.1, -0.05) is 13.0 Å². The lowest BCUT2D eigenvalue weighted by Crippen LogP contribution is -2.44. The largest absolute Gasteiger partial charge is 0.314 e. The van der Waals surface area contributed by atoms with E-state index in [1.807, 2.05) is 7.05 Å². The van der Waals surface area contributed by atoms with Crippen molar-refractivity contribution in [3.05, 3.63) is 29.6 Å². The maximum atomic E-state index is 4.71. The molecule has 0 saturated carbocycles. The van der Waals surface area contributed by atoms with E-state index in [0.29, 0.717) is 6.04 Å². The summed E-state index contributed by atoms with van der Waals surface area (Å²) in [5.41, 5.74) is 2.32. The fraction of sp³-hybridized carbons (Fsp3) is 0.643. The lowest BCUT2D eigenvalue weighted by Gasteiger charge is -2.37. The topological polar surface area (TPSA) is 28.2 Å². The Morgan fingerprint density at radius 2 is 2.17 bits per heavy atom. The first kappa shape index (κ1) is 13.8. The van der Waals surface area contributed by atoms with Gasteiger partial charge in [-0.15, -0.1) is 0 Å². The molecule has 1 aliphatic heterocycles. The molecule has 2 heterocycles. The molecule has 1 N–H and O–H groups in total. The van der Waals surface area contributed by atoms with E-state index in [2.05, 4.69) is 54.0 Å². The molecule has 1 saturated heterocycles. The van der Waals surface area contributed by atoms with Crippen molar-refractivity contribution in [1.82, 2.24) is 15.2 Å². The second-order valence-electron chi connectivity index (χ2n) is 4.94. The van der Waals surface area contributed by atoms with Crippen LogP contribution in [0.3, 0.4) is 0 Å². The Morgan fingerprint density at radius 1 is 1.39 bits per heavy atom. The molecule has 0 aliphatic carbocycles. The van der Waals surface area contributed by atoms with Crippen molar-refractivity contribution in [1.29, 1.82) is 0 Å². The molecule has 2 atom stereocenters. The van der Waals surface area contributed by atoms with Gasteiger partial charge in [-0.2, -0.15) is 11.8 Å². The summed E-state index contributed by atoms with van der Waals surface area (Å²) < 4.78 is 0. The Bertz CT molecular complexity index is 383. The standard InChI is InChI=1S/C14H23N3S/c1-11-12(2)18-8-7-17(11)10-14-6-4-5-13(16-14)9-15-3/h4-6,11-12,15H,7-10H2,1-3H3. The molecule has 0 radical (unpaired) electrons. The minimum absolute atomic E-state index is 0.638. The van der Waals surface area contributed by atoms with Crippen LogP contribution >= 0.6 is 11.8 Å². The second-order valence-corrected chi connectivity index (χ2v) is 6.42. The lowest BCUT2D eigenvalue weighted by atomic mass is 10.2. The van der Waals surface area contributed by atoms with E-state index < -0.39 is 0 Å². The first-order valence-electron chi connectivity index (χ1n) is 6.65. The van der Waals surface area contributed by atoms with E-state index in [0.717, 1.165) is 24.0 Å². The minimum Gasteiger partial charge on any atom is -0.314 e. The Labute approximate surface area is 114 Å². The maximum Gasteiger partial charge on any atom is 0.0547 e. The third kappa shape index (κ3) is 3.46. The van der Waals surface area contributed by atoms with Gasteiger partial charge in [-0.25, -0.2) is 0 Å². The summed E-state index contributed by atoms with van der Waals surface area (Å²) in [5.74, 6) is 1.24. The SMILES string of the molecule is CNCc1cccc(CN2CCSC(C)C2C)n1. The first-order chi connectivity index (χ1) is 8.70. The summed E-state index contributed by atoms with van der Waals surface area (Å²) in [6, 6.07) is 6.97. The van der Waals surface area contributed by atoms with Gasteiger partial charge in [0.05, 0.1) is 11.4 Å². The smallest absolute Gasteiger partial charge is 0.0547 e. The van der Waals surface area contributed by atoms with E-state index >= 15 is 0 Å². The predicted octanol–water partition coefficient (Wildman–Crippen LogP) is 2.13. The third-order valence-corrected chi connectivity index (χ3v) is 4.94. The number of rotatable bonds is 4. The monoisotopic (exact) mass is 265 g/mol. The fourth-order valence-corrected chi connectivity index (χ4v) is 3.49. The van der Waals surface area contributed by atoms with E-state index in [4.69, 9.17) is 4.98 Å². The zero-order chi connectivity index (χ0) is 13.0. The van der Waals surface area contributed by atoms with Crippen molar-refractivity contribution >= 4 is 11.8 Å². The van der Waals surface area contributed by atoms with Crippen molar-refractivity contribution in [2.45, 2.75) is 38.2 Å². The van der Waals surface area contributed by atoms with Gasteiger partial charge < -0.3 is 5.32 Å². The highest BCUT2D eigenvalue weighted by atomic mass is 32.2. The van der Waals surface area contributed by atoms with Crippen LogP contribution in [0.25, 0.3) is 0 Å². The number of nitrogens with zero attached hydrogens (tertiary/aromatic N) is 2. The summed E-state index contributed by atoms with van der Waals surface area (Å²) in [4.78, 5) is 7.25. The maximum absolute atomic E-state index is 4.71. The van der Waals surface area contributed by atoms with Crippen LogP contribution in [-0.4, -0.2) is 40.5 Å². The molecule has 0 aromatic carbocycles. The summed E-state index contributed by atoms with van der Waals surface area (Å²) in [6.07, 6.45) is 0. The van der Waals surface area contributed by atoms with Crippen molar-refractivity contribution in [2.75, 3.05) is 19.3 Å². The van der Waals surface area contributed by atoms with E-state index in [9.17, 15) is 0 Å². The molecule has 1 aliphatic rings. The quantitative estimate of drug-likeness (QED) is 0.903. The van der Waals surface area contributed by atoms with Crippen molar-refractivity contribution < 1.29 is 0 Å². The lowest BCUT2D eigenvalue weighted by molar-refractivity contribution is 0.202. The number of thioether (sulfide) groups is 1. The molecule has 0 bridgehead atoms. The second kappa shape index (κ2) is 6.55. The molecule has 2 unspecified atom stereocenters. The Balaban J connectivity index is 2.01. The molecular formula is C14H23N3S. The van der Waals surface area contributed by atoms with Gasteiger partial charge in [0.2, 0.25) is 0 Å². The van der Waals surface area contributed by atoms with Crippen LogP contribution in [0.2, 0.25) is 0 Å². The molecule has 2 rings (SSSR count). The number of hydrogen-bond donors (Lipinski definition) is 1. The molecular weight excluding hydrogens is 242 g/mol. The van der Waals surface area contributed by atoms with Crippen molar-refractivity contribution in [3.63, 3.8) is 0 Å². The third-order valence-electron chi connectivity index (χ3n) is 3.60. The Morgan fingerprint density at radius 3 is 2.94 bits per heavy atom. The van der Waals surface area contributed by atoms with Crippen LogP contribution in [0, 0.1) is 0 Å². The Hall–Kier alpha value is -0.580. The summed E-state index contributed by atoms with van der Waals surface area (Å²) in [6.45, 7) is 7.65. The molecule has 1 aromatic heterocycles. The number of nitrogens with one attached hydrogen (secondary N) is 1. The highest BCUT2D eigenvalue weighted by Gasteiger charge is 2.25. The highest BCUT2D eigenvalue weighted by molar-refractivity contribution is 8.00. The van der Waals surface area contributed by atoms with Gasteiger partial charge in [0, 0.05) is 36.7 Å². The number of pyridine rings is 1. The van der Waals surface area contributed by atoms with Gasteiger partial charge in [-0.3, -0.25) is 9.88 Å². The molecule has 18 heavy (non-hydrogen) atoms. The molecule has 0 spiro atoms. The number of hydrogen-bond acceptors (Lipinski definition) is 4. The van der Waals surface area contributed by atoms with Crippen LogP contribution in [0.1, 0.15) is 25.2 Å². The zero-order valence-corrected chi connectivity index (χ0v) is 12.3. The zero-order valence-electron chi connectivity index (χ0n) is 11.5. The summed E-state index contributed by atoms with van der Waals surface area (Å²) in [5, 5.41) is 3.87. The number of aromatic nitrogens is 1. The first-order valence-corrected chi connectivity index (χ1v) is 7.70. The Kier molecular flexibility index (Phi) is 5.03. The minimum atomic E-state index is 0.638. The molecule has 1 aromatic rings. The molecule has 4 heteroatoms. The normalized spacial score (nSPS) is 25.3. The van der Waals surface area contributed by atoms with Crippen LogP contribution in [-0.2, 0) is 13.1 Å². The highest BCUT2D eigenvalue weighted by Crippen LogP contribution is 2.25. The fourth-order valence-electron chi connectivity index (χ4n) is 2.32. The molecule has 100 valence electrons. The van der Waals surface area contributed by atoms with E-state index in [1.54, 1.807) is 0 Å². The molecule has 3 nitrogen and oxygen atoms in total. The van der Waals surface area contributed by atoms with Gasteiger partial charge in [0.25, 0.3) is 0 Å². The van der Waals surface area contributed by atoms with Crippen molar-refractivity contribution in [3.8, 4) is 0 Å². The van der Waals surface area contributed by atoms with Gasteiger partial charge in [-0.05, 0) is 26.1 Å². The van der Waals surface area contributed by atoms with Gasteiger partial charge in [0.1, 0.15) is 0 Å². The van der Waals surface area contributed by atoms with E-state index in [1.165, 1.54) is 18.0 Å². The molecule has 1 fully saturated rings. The summed E-state index contributed by atoms with van der Waals surface area (Å²) in [7, 11) is 1.96. The van der Waals surface area contributed by atoms with Crippen LogP contribution in [0.4, 0.5) is 0 Å². The average molecular weight is 265 g/mol. The van der Waals surface area contributed by atoms with Gasteiger partial charge >= 0.3 is 0 Å². The van der Waals surface area contributed by atoms with Crippen LogP contribution in [0.15, 0.2) is 18.2 Å².